The number of benzene rings is 1. The summed E-state index contributed by atoms with van der Waals surface area (Å²) in [5.41, 5.74) is 1.63. The van der Waals surface area contributed by atoms with Crippen LogP contribution in [0, 0.1) is 6.92 Å². The first-order valence-electron chi connectivity index (χ1n) is 6.79. The van der Waals surface area contributed by atoms with Crippen LogP contribution >= 0.6 is 34.5 Å². The number of aryl methyl sites for hydroxylation is 1. The Morgan fingerprint density at radius 3 is 2.71 bits per heavy atom. The molecule has 0 saturated carbocycles. The molecule has 0 fully saturated rings. The van der Waals surface area contributed by atoms with E-state index in [0.717, 1.165) is 5.56 Å². The molecule has 0 spiro atoms. The number of carbonyl (C=O) groups excluding carboxylic acids is 1. The van der Waals surface area contributed by atoms with Crippen molar-refractivity contribution in [1.29, 1.82) is 0 Å². The molecule has 0 aliphatic rings. The summed E-state index contributed by atoms with van der Waals surface area (Å²) in [7, 11) is 0. The number of nitrogens with zero attached hydrogens (tertiary/aromatic N) is 2. The highest BCUT2D eigenvalue weighted by molar-refractivity contribution is 7.20. The van der Waals surface area contributed by atoms with Crippen LogP contribution in [0.2, 0.25) is 8.67 Å². The third-order valence-electron chi connectivity index (χ3n) is 2.95. The number of thiophene rings is 1. The van der Waals surface area contributed by atoms with Gasteiger partial charge >= 0.3 is 6.01 Å². The van der Waals surface area contributed by atoms with Crippen molar-refractivity contribution in [3.63, 3.8) is 0 Å². The maximum absolute atomic E-state index is 11.9. The molecule has 0 atom stereocenters. The first-order chi connectivity index (χ1) is 11.5. The van der Waals surface area contributed by atoms with E-state index in [1.54, 1.807) is 18.2 Å². The van der Waals surface area contributed by atoms with Gasteiger partial charge in [0, 0.05) is 0 Å². The summed E-state index contributed by atoms with van der Waals surface area (Å²) in [5, 5.41) is 10.0. The largest absolute Gasteiger partial charge is 0.484 e. The number of nitrogens with one attached hydrogen (secondary N) is 1. The normalized spacial score (nSPS) is 10.6. The van der Waals surface area contributed by atoms with E-state index in [-0.39, 0.29) is 18.5 Å². The van der Waals surface area contributed by atoms with Gasteiger partial charge in [0.2, 0.25) is 0 Å². The van der Waals surface area contributed by atoms with E-state index < -0.39 is 5.91 Å². The van der Waals surface area contributed by atoms with E-state index in [0.29, 0.717) is 20.0 Å². The third kappa shape index (κ3) is 4.05. The van der Waals surface area contributed by atoms with Crippen molar-refractivity contribution in [1.82, 2.24) is 10.2 Å². The molecule has 1 N–H and O–H groups in total. The van der Waals surface area contributed by atoms with Crippen LogP contribution < -0.4 is 10.1 Å². The molecule has 3 rings (SSSR count). The Hall–Kier alpha value is -2.09. The van der Waals surface area contributed by atoms with Gasteiger partial charge in [-0.3, -0.25) is 10.1 Å². The minimum atomic E-state index is -0.416. The van der Waals surface area contributed by atoms with Gasteiger partial charge in [-0.1, -0.05) is 46.0 Å². The number of rotatable bonds is 5. The van der Waals surface area contributed by atoms with E-state index in [1.807, 2.05) is 19.1 Å². The monoisotopic (exact) mass is 383 g/mol. The molecular weight excluding hydrogens is 373 g/mol. The molecule has 0 saturated heterocycles. The molecule has 2 heterocycles. The molecule has 0 radical (unpaired) electrons. The zero-order valence-electron chi connectivity index (χ0n) is 12.4. The van der Waals surface area contributed by atoms with Gasteiger partial charge in [-0.15, -0.1) is 16.4 Å². The molecule has 0 aliphatic carbocycles. The van der Waals surface area contributed by atoms with Crippen molar-refractivity contribution in [3.05, 3.63) is 44.6 Å². The van der Waals surface area contributed by atoms with Gasteiger partial charge in [0.15, 0.2) is 6.61 Å². The minimum Gasteiger partial charge on any atom is -0.484 e. The average molecular weight is 384 g/mol. The number of hydrogen-bond donors (Lipinski definition) is 1. The maximum Gasteiger partial charge on any atom is 0.322 e. The fourth-order valence-corrected chi connectivity index (χ4v) is 3.26. The molecule has 124 valence electrons. The molecule has 6 nitrogen and oxygen atoms in total. The van der Waals surface area contributed by atoms with Crippen LogP contribution in [0.3, 0.4) is 0 Å². The lowest BCUT2D eigenvalue weighted by atomic mass is 10.2. The molecule has 0 bridgehead atoms. The van der Waals surface area contributed by atoms with Crippen LogP contribution in [0.25, 0.3) is 11.5 Å². The number of hydrogen-bond acceptors (Lipinski definition) is 6. The zero-order chi connectivity index (χ0) is 17.1. The van der Waals surface area contributed by atoms with Crippen LogP contribution in [0.4, 0.5) is 6.01 Å². The van der Waals surface area contributed by atoms with E-state index in [1.165, 1.54) is 11.3 Å². The molecule has 9 heteroatoms. The van der Waals surface area contributed by atoms with Gasteiger partial charge in [-0.2, -0.15) is 0 Å². The number of carbonyl (C=O) groups is 1. The second-order valence-electron chi connectivity index (χ2n) is 4.80. The van der Waals surface area contributed by atoms with E-state index in [2.05, 4.69) is 15.5 Å². The van der Waals surface area contributed by atoms with Crippen molar-refractivity contribution in [2.24, 2.45) is 0 Å². The van der Waals surface area contributed by atoms with Crippen LogP contribution in [0.15, 0.2) is 34.7 Å². The maximum atomic E-state index is 11.9. The zero-order valence-corrected chi connectivity index (χ0v) is 14.7. The Bertz CT molecular complexity index is 861. The van der Waals surface area contributed by atoms with Crippen LogP contribution in [-0.2, 0) is 4.79 Å². The molecule has 2 aromatic heterocycles. The number of amides is 1. The van der Waals surface area contributed by atoms with Crippen molar-refractivity contribution in [2.75, 3.05) is 11.9 Å². The van der Waals surface area contributed by atoms with Crippen molar-refractivity contribution >= 4 is 46.5 Å². The average Bonchev–Trinajstić information content (AvgIpc) is 3.12. The second kappa shape index (κ2) is 7.21. The molecular formula is C15H11Cl2N3O3S. The van der Waals surface area contributed by atoms with Crippen LogP contribution in [-0.4, -0.2) is 22.7 Å². The van der Waals surface area contributed by atoms with Crippen molar-refractivity contribution in [3.8, 4) is 17.2 Å². The first kappa shape index (κ1) is 16.8. The quantitative estimate of drug-likeness (QED) is 0.704. The summed E-state index contributed by atoms with van der Waals surface area (Å²) < 4.78 is 11.7. The molecule has 0 unspecified atom stereocenters. The summed E-state index contributed by atoms with van der Waals surface area (Å²) in [6.07, 6.45) is 0. The fourth-order valence-electron chi connectivity index (χ4n) is 1.81. The minimum absolute atomic E-state index is 0.0408. The Kier molecular flexibility index (Phi) is 5.03. The Morgan fingerprint density at radius 2 is 2.04 bits per heavy atom. The van der Waals surface area contributed by atoms with Crippen molar-refractivity contribution in [2.45, 2.75) is 6.92 Å². The highest BCUT2D eigenvalue weighted by Crippen LogP contribution is 2.37. The number of halogens is 2. The topological polar surface area (TPSA) is 77.2 Å². The summed E-state index contributed by atoms with van der Waals surface area (Å²) in [6.45, 7) is 1.79. The van der Waals surface area contributed by atoms with Gasteiger partial charge in [0.1, 0.15) is 10.1 Å². The lowest BCUT2D eigenvalue weighted by Crippen LogP contribution is -2.20. The summed E-state index contributed by atoms with van der Waals surface area (Å²) in [5.74, 6) is 0.361. The van der Waals surface area contributed by atoms with Crippen LogP contribution in [0.1, 0.15) is 5.56 Å². The lowest BCUT2D eigenvalue weighted by molar-refractivity contribution is -0.118. The molecule has 1 aromatic carbocycles. The van der Waals surface area contributed by atoms with E-state index >= 15 is 0 Å². The fraction of sp³-hybridized carbons (Fsp3) is 0.133. The first-order valence-corrected chi connectivity index (χ1v) is 8.36. The predicted octanol–water partition coefficient (Wildman–Crippen LogP) is 4.43. The smallest absolute Gasteiger partial charge is 0.322 e. The molecule has 3 aromatic rings. The standard InChI is InChI=1S/C15H11Cl2N3O3S/c1-8-2-4-9(5-3-8)22-7-12(21)18-15-20-19-14(23-15)10-6-11(16)24-13(10)17/h2-6H,7H2,1H3,(H,18,20,21). The van der Waals surface area contributed by atoms with Crippen molar-refractivity contribution < 1.29 is 13.9 Å². The predicted molar refractivity (Wildman–Crippen MR) is 92.9 cm³/mol. The highest BCUT2D eigenvalue weighted by atomic mass is 35.5. The second-order valence-corrected chi connectivity index (χ2v) is 7.09. The highest BCUT2D eigenvalue weighted by Gasteiger charge is 2.16. The molecule has 24 heavy (non-hydrogen) atoms. The Labute approximate surface area is 151 Å². The Balaban J connectivity index is 1.59. The van der Waals surface area contributed by atoms with Gasteiger partial charge in [0.05, 0.1) is 9.90 Å². The third-order valence-corrected chi connectivity index (χ3v) is 4.44. The van der Waals surface area contributed by atoms with Crippen LogP contribution in [0.5, 0.6) is 5.75 Å². The van der Waals surface area contributed by atoms with Gasteiger partial charge in [0.25, 0.3) is 11.8 Å². The van der Waals surface area contributed by atoms with Gasteiger partial charge in [-0.05, 0) is 25.1 Å². The molecule has 1 amide bonds. The van der Waals surface area contributed by atoms with Gasteiger partial charge in [-0.25, -0.2) is 0 Å². The lowest BCUT2D eigenvalue weighted by Gasteiger charge is -2.05. The Morgan fingerprint density at radius 1 is 1.29 bits per heavy atom. The summed E-state index contributed by atoms with van der Waals surface area (Å²) >= 11 is 13.1. The number of ether oxygens (including phenoxy) is 1. The molecule has 0 aliphatic heterocycles. The summed E-state index contributed by atoms with van der Waals surface area (Å²) in [6, 6.07) is 8.95. The number of aromatic nitrogens is 2. The van der Waals surface area contributed by atoms with Gasteiger partial charge < -0.3 is 9.15 Å². The van der Waals surface area contributed by atoms with E-state index in [9.17, 15) is 4.79 Å². The SMILES string of the molecule is Cc1ccc(OCC(=O)Nc2nnc(-c3cc(Cl)sc3Cl)o2)cc1. The number of anilines is 1. The summed E-state index contributed by atoms with van der Waals surface area (Å²) in [4.78, 5) is 11.9. The van der Waals surface area contributed by atoms with E-state index in [4.69, 9.17) is 32.4 Å².